The molecule has 0 spiro atoms. The number of nitrogens with zero attached hydrogens (tertiary/aromatic N) is 6. The van der Waals surface area contributed by atoms with Crippen molar-refractivity contribution in [3.63, 3.8) is 0 Å². The predicted octanol–water partition coefficient (Wildman–Crippen LogP) is 20.4. The molecule has 0 saturated carbocycles. The van der Waals surface area contributed by atoms with Crippen LogP contribution in [0.5, 0.6) is 0 Å². The minimum atomic E-state index is 0.0820. The van der Waals surface area contributed by atoms with Crippen LogP contribution in [0, 0.1) is 0 Å². The lowest BCUT2D eigenvalue weighted by Crippen LogP contribution is -2.61. The van der Waals surface area contributed by atoms with Gasteiger partial charge in [0.1, 0.15) is 0 Å². The zero-order valence-electron chi connectivity index (χ0n) is 51.2. The monoisotopic (exact) mass is 1200 g/mol. The number of para-hydroxylation sites is 4. The molecular formula is C87H57BN6. The summed E-state index contributed by atoms with van der Waals surface area (Å²) in [5.41, 5.74) is 28.0. The van der Waals surface area contributed by atoms with Gasteiger partial charge in [0.25, 0.3) is 6.71 Å². The summed E-state index contributed by atoms with van der Waals surface area (Å²) in [4.78, 5) is 20.9. The van der Waals surface area contributed by atoms with Crippen molar-refractivity contribution in [3.05, 3.63) is 346 Å². The van der Waals surface area contributed by atoms with Crippen LogP contribution in [0.3, 0.4) is 0 Å². The van der Waals surface area contributed by atoms with E-state index in [1.54, 1.807) is 0 Å². The Labute approximate surface area is 546 Å². The third kappa shape index (κ3) is 9.32. The lowest BCUT2D eigenvalue weighted by atomic mass is 9.33. The lowest BCUT2D eigenvalue weighted by molar-refractivity contribution is 1.06. The molecule has 0 fully saturated rings. The van der Waals surface area contributed by atoms with Crippen LogP contribution in [0.4, 0.5) is 34.1 Å². The van der Waals surface area contributed by atoms with Crippen molar-refractivity contribution >= 4 is 79.0 Å². The van der Waals surface area contributed by atoms with Crippen molar-refractivity contribution in [2.75, 3.05) is 9.80 Å². The fraction of sp³-hybridized carbons (Fsp3) is 0. The number of fused-ring (bicyclic) bond motifs is 7. The van der Waals surface area contributed by atoms with Crippen molar-refractivity contribution in [1.29, 1.82) is 0 Å². The zero-order chi connectivity index (χ0) is 62.1. The molecule has 4 heterocycles. The highest BCUT2D eigenvalue weighted by Gasteiger charge is 2.43. The van der Waals surface area contributed by atoms with Gasteiger partial charge in [-0.1, -0.05) is 255 Å². The minimum Gasteiger partial charge on any atom is -0.311 e. The minimum absolute atomic E-state index is 0.0820. The van der Waals surface area contributed by atoms with Gasteiger partial charge in [0, 0.05) is 67.2 Å². The second-order valence-electron chi connectivity index (χ2n) is 24.2. The Balaban J connectivity index is 0.773. The van der Waals surface area contributed by atoms with Crippen LogP contribution in [-0.4, -0.2) is 26.2 Å². The number of rotatable bonds is 11. The highest BCUT2D eigenvalue weighted by molar-refractivity contribution is 7.00. The Kier molecular flexibility index (Phi) is 13.2. The predicted molar refractivity (Wildman–Crippen MR) is 392 cm³/mol. The van der Waals surface area contributed by atoms with E-state index >= 15 is 0 Å². The molecule has 0 radical (unpaired) electrons. The molecule has 438 valence electrons. The quantitative estimate of drug-likeness (QED) is 0.121. The van der Waals surface area contributed by atoms with Gasteiger partial charge in [0.15, 0.2) is 17.5 Å². The van der Waals surface area contributed by atoms with Gasteiger partial charge in [-0.15, -0.1) is 0 Å². The highest BCUT2D eigenvalue weighted by Crippen LogP contribution is 2.47. The number of anilines is 6. The first-order chi connectivity index (χ1) is 46.6. The first kappa shape index (κ1) is 54.5. The fourth-order valence-corrected chi connectivity index (χ4v) is 14.5. The molecule has 0 saturated heterocycles. The van der Waals surface area contributed by atoms with Crippen LogP contribution < -0.4 is 26.2 Å². The van der Waals surface area contributed by atoms with Crippen molar-refractivity contribution in [1.82, 2.24) is 19.5 Å². The van der Waals surface area contributed by atoms with E-state index in [4.69, 9.17) is 15.0 Å². The summed E-state index contributed by atoms with van der Waals surface area (Å²) in [5, 5.41) is 2.29. The van der Waals surface area contributed by atoms with E-state index in [0.717, 1.165) is 111 Å². The molecule has 94 heavy (non-hydrogen) atoms. The number of aromatic nitrogens is 4. The van der Waals surface area contributed by atoms with Crippen LogP contribution in [0.25, 0.3) is 117 Å². The molecule has 18 rings (SSSR count). The zero-order valence-corrected chi connectivity index (χ0v) is 51.2. The van der Waals surface area contributed by atoms with E-state index in [1.165, 1.54) is 39.1 Å². The molecule has 0 N–H and O–H groups in total. The fourth-order valence-electron chi connectivity index (χ4n) is 14.5. The van der Waals surface area contributed by atoms with E-state index in [9.17, 15) is 0 Å². The van der Waals surface area contributed by atoms with Crippen LogP contribution in [0.2, 0.25) is 0 Å². The molecule has 0 aliphatic carbocycles. The van der Waals surface area contributed by atoms with Crippen molar-refractivity contribution in [2.45, 2.75) is 0 Å². The first-order valence-electron chi connectivity index (χ1n) is 32.1. The molecule has 2 aromatic heterocycles. The molecule has 0 amide bonds. The molecule has 16 aromatic rings. The molecular weight excluding hydrogens is 1140 g/mol. The van der Waals surface area contributed by atoms with Crippen LogP contribution >= 0.6 is 0 Å². The Morgan fingerprint density at radius 2 is 0.585 bits per heavy atom. The number of benzene rings is 14. The summed E-state index contributed by atoms with van der Waals surface area (Å²) in [6, 6.07) is 125. The second-order valence-corrected chi connectivity index (χ2v) is 24.2. The molecule has 2 aliphatic rings. The Bertz CT molecular complexity index is 5410. The summed E-state index contributed by atoms with van der Waals surface area (Å²) in [7, 11) is 0. The third-order valence-corrected chi connectivity index (χ3v) is 18.8. The van der Waals surface area contributed by atoms with E-state index in [0.29, 0.717) is 17.5 Å². The topological polar surface area (TPSA) is 50.1 Å². The van der Waals surface area contributed by atoms with Gasteiger partial charge in [0.05, 0.1) is 16.7 Å². The molecule has 0 unspecified atom stereocenters. The molecule has 2 aliphatic heterocycles. The Hall–Kier alpha value is -12.4. The van der Waals surface area contributed by atoms with Gasteiger partial charge in [-0.2, -0.15) is 0 Å². The molecule has 0 bridgehead atoms. The lowest BCUT2D eigenvalue weighted by Gasteiger charge is -2.44. The van der Waals surface area contributed by atoms with Crippen molar-refractivity contribution in [2.24, 2.45) is 0 Å². The van der Waals surface area contributed by atoms with Gasteiger partial charge in [0.2, 0.25) is 0 Å². The molecule has 0 atom stereocenters. The number of hydrogen-bond donors (Lipinski definition) is 0. The molecule has 6 nitrogen and oxygen atoms in total. The maximum Gasteiger partial charge on any atom is 0.252 e. The third-order valence-electron chi connectivity index (χ3n) is 18.8. The second kappa shape index (κ2) is 22.8. The van der Waals surface area contributed by atoms with E-state index in [1.807, 2.05) is 36.4 Å². The summed E-state index contributed by atoms with van der Waals surface area (Å²) in [6.45, 7) is 0.0820. The van der Waals surface area contributed by atoms with Gasteiger partial charge in [-0.05, 0) is 157 Å². The average molecular weight is 1200 g/mol. The first-order valence-corrected chi connectivity index (χ1v) is 32.1. The van der Waals surface area contributed by atoms with Gasteiger partial charge in [-0.25, -0.2) is 15.0 Å². The molecule has 7 heteroatoms. The maximum atomic E-state index is 5.42. The maximum absolute atomic E-state index is 5.42. The largest absolute Gasteiger partial charge is 0.311 e. The summed E-state index contributed by atoms with van der Waals surface area (Å²) in [5.74, 6) is 1.78. The van der Waals surface area contributed by atoms with E-state index < -0.39 is 0 Å². The smallest absolute Gasteiger partial charge is 0.252 e. The van der Waals surface area contributed by atoms with Crippen molar-refractivity contribution in [3.8, 4) is 95.5 Å². The number of hydrogen-bond acceptors (Lipinski definition) is 5. The standard InChI is InChI=1S/C87H57BN6/c1-6-24-58(25-7-1)66-48-52-77-73(56-66)74-57-67(59-26-8-2-9-27-59)49-53-78(74)94(77)84-71(38-22-39-72(84)87-90-85(61-28-10-3-11-29-61)89-86(91-87)62-30-12-4-13-31-62)68-35-21-34-65(55-68)64-33-20-32-63(54-64)60-46-50-70(51-47-60)93-80-43-19-17-41-76(80)88-75-40-16-18-42-79(75)92(69-36-14-5-15-37-69)81-44-23-45-82(93)83(81)88/h1-57H. The van der Waals surface area contributed by atoms with Gasteiger partial charge >= 0.3 is 0 Å². The Morgan fingerprint density at radius 3 is 1.12 bits per heavy atom. The van der Waals surface area contributed by atoms with Crippen LogP contribution in [-0.2, 0) is 0 Å². The normalized spacial score (nSPS) is 12.2. The SMILES string of the molecule is c1ccc(-c2ccc3c(c2)c2cc(-c4ccccc4)ccc2n3-c2c(-c3cccc(-c4cccc(-c5ccc(N6c7ccccc7B7c8ccccc8N(c8ccccc8)c8cccc6c87)cc5)c4)c3)cccc2-c2nc(-c3ccccc3)nc(-c3ccccc3)n2)cc1. The van der Waals surface area contributed by atoms with Crippen LogP contribution in [0.1, 0.15) is 0 Å². The molecule has 14 aromatic carbocycles. The highest BCUT2D eigenvalue weighted by atomic mass is 15.2. The summed E-state index contributed by atoms with van der Waals surface area (Å²) >= 11 is 0. The van der Waals surface area contributed by atoms with E-state index in [-0.39, 0.29) is 6.71 Å². The van der Waals surface area contributed by atoms with Crippen LogP contribution in [0.15, 0.2) is 346 Å². The van der Waals surface area contributed by atoms with Gasteiger partial charge < -0.3 is 14.4 Å². The summed E-state index contributed by atoms with van der Waals surface area (Å²) in [6.07, 6.45) is 0. The Morgan fingerprint density at radius 1 is 0.234 bits per heavy atom. The van der Waals surface area contributed by atoms with E-state index in [2.05, 4.69) is 324 Å². The summed E-state index contributed by atoms with van der Waals surface area (Å²) < 4.78 is 2.45. The average Bonchev–Trinajstić information content (AvgIpc) is 0.907. The van der Waals surface area contributed by atoms with Gasteiger partial charge in [-0.3, -0.25) is 0 Å². The van der Waals surface area contributed by atoms with Crippen molar-refractivity contribution < 1.29 is 0 Å².